The van der Waals surface area contributed by atoms with Crippen molar-refractivity contribution in [3.8, 4) is 5.75 Å². The molecule has 166 valence electrons. The molecular formula is C22H27N3O4S2. The number of phenols is 1. The molecule has 0 aliphatic carbocycles. The number of fused-ring (bicyclic) bond motifs is 1. The highest BCUT2D eigenvalue weighted by atomic mass is 32.2. The molecule has 3 rings (SSSR count). The number of aromatic nitrogens is 1. The maximum absolute atomic E-state index is 11.6. The summed E-state index contributed by atoms with van der Waals surface area (Å²) in [5.74, 6) is 0.0691. The van der Waals surface area contributed by atoms with E-state index in [1.54, 1.807) is 6.07 Å². The van der Waals surface area contributed by atoms with Crippen LogP contribution in [0.3, 0.4) is 0 Å². The van der Waals surface area contributed by atoms with Gasteiger partial charge in [0.15, 0.2) is 0 Å². The van der Waals surface area contributed by atoms with Crippen molar-refractivity contribution in [3.05, 3.63) is 63.3 Å². The number of hydrogen-bond acceptors (Lipinski definition) is 7. The Balaban J connectivity index is 1.37. The van der Waals surface area contributed by atoms with Crippen molar-refractivity contribution in [2.45, 2.75) is 25.7 Å². The predicted molar refractivity (Wildman–Crippen MR) is 127 cm³/mol. The lowest BCUT2D eigenvalue weighted by Gasteiger charge is -2.08. The van der Waals surface area contributed by atoms with Crippen LogP contribution in [-0.2, 0) is 23.1 Å². The number of aromatic hydroxyl groups is 1. The van der Waals surface area contributed by atoms with Crippen LogP contribution in [0, 0.1) is 0 Å². The molecular weight excluding hydrogens is 434 g/mol. The average molecular weight is 462 g/mol. The third-order valence-corrected chi connectivity index (χ3v) is 6.88. The van der Waals surface area contributed by atoms with Crippen molar-refractivity contribution in [1.82, 2.24) is 15.6 Å². The molecule has 0 radical (unpaired) electrons. The van der Waals surface area contributed by atoms with Crippen LogP contribution < -0.4 is 15.5 Å². The first-order valence-corrected chi connectivity index (χ1v) is 12.2. The highest BCUT2D eigenvalue weighted by molar-refractivity contribution is 7.73. The third kappa shape index (κ3) is 7.03. The Bertz CT molecular complexity index is 1180. The Hall–Kier alpha value is -2.46. The van der Waals surface area contributed by atoms with Gasteiger partial charge in [0, 0.05) is 0 Å². The van der Waals surface area contributed by atoms with Crippen LogP contribution in [0.15, 0.2) is 47.3 Å². The summed E-state index contributed by atoms with van der Waals surface area (Å²) in [6, 6.07) is 13.6. The largest absolute Gasteiger partial charge is 0.506 e. The van der Waals surface area contributed by atoms with Crippen molar-refractivity contribution in [1.29, 1.82) is 0 Å². The van der Waals surface area contributed by atoms with Crippen LogP contribution in [0.1, 0.15) is 24.0 Å². The molecule has 0 unspecified atom stereocenters. The summed E-state index contributed by atoms with van der Waals surface area (Å²) in [6.45, 7) is 2.67. The fourth-order valence-electron chi connectivity index (χ4n) is 3.37. The highest BCUT2D eigenvalue weighted by Crippen LogP contribution is 2.27. The second-order valence-electron chi connectivity index (χ2n) is 7.22. The van der Waals surface area contributed by atoms with E-state index < -0.39 is 10.3 Å². The van der Waals surface area contributed by atoms with E-state index in [4.69, 9.17) is 0 Å². The van der Waals surface area contributed by atoms with Gasteiger partial charge < -0.3 is 20.7 Å². The first kappa shape index (κ1) is 23.2. The van der Waals surface area contributed by atoms with Gasteiger partial charge in [-0.1, -0.05) is 47.7 Å². The summed E-state index contributed by atoms with van der Waals surface area (Å²) in [6.07, 6.45) is 2.57. The molecule has 0 amide bonds. The van der Waals surface area contributed by atoms with Gasteiger partial charge in [0.05, 0.1) is 9.56 Å². The average Bonchev–Trinajstić information content (AvgIpc) is 3.16. The van der Waals surface area contributed by atoms with Gasteiger partial charge in [0.25, 0.3) is 0 Å². The topological polar surface area (TPSA) is 111 Å². The fourth-order valence-corrected chi connectivity index (χ4v) is 4.80. The minimum Gasteiger partial charge on any atom is -0.506 e. The van der Waals surface area contributed by atoms with E-state index in [9.17, 15) is 18.3 Å². The smallest absolute Gasteiger partial charge is 0.305 e. The zero-order valence-corrected chi connectivity index (χ0v) is 18.8. The van der Waals surface area contributed by atoms with Gasteiger partial charge in [-0.2, -0.15) is 8.42 Å². The molecule has 3 aromatic rings. The Morgan fingerprint density at radius 2 is 1.61 bits per heavy atom. The summed E-state index contributed by atoms with van der Waals surface area (Å²) in [5, 5.41) is 16.4. The SMILES string of the molecule is O=c1[nH]c2c(O)ccc(CCNCCC(CCNCCc3ccccc3)=S(=O)=O)c2s1. The monoisotopic (exact) mass is 461 g/mol. The first-order chi connectivity index (χ1) is 15.0. The van der Waals surface area contributed by atoms with Crippen molar-refractivity contribution in [3.63, 3.8) is 0 Å². The molecule has 31 heavy (non-hydrogen) atoms. The number of hydrogen-bond donors (Lipinski definition) is 4. The molecule has 0 fully saturated rings. The molecule has 0 atom stereocenters. The summed E-state index contributed by atoms with van der Waals surface area (Å²) in [7, 11) is -2.18. The van der Waals surface area contributed by atoms with Crippen LogP contribution in [0.2, 0.25) is 0 Å². The lowest BCUT2D eigenvalue weighted by Crippen LogP contribution is -2.24. The molecule has 0 aliphatic heterocycles. The molecule has 2 aromatic carbocycles. The maximum Gasteiger partial charge on any atom is 0.305 e. The number of phenolic OH excluding ortho intramolecular Hbond substituents is 1. The first-order valence-electron chi connectivity index (χ1n) is 10.3. The molecule has 0 aliphatic rings. The Morgan fingerprint density at radius 1 is 0.935 bits per heavy atom. The minimum atomic E-state index is -2.18. The van der Waals surface area contributed by atoms with Gasteiger partial charge in [0.1, 0.15) is 11.3 Å². The minimum absolute atomic E-state index is 0.0691. The van der Waals surface area contributed by atoms with E-state index in [2.05, 4.69) is 27.8 Å². The second kappa shape index (κ2) is 11.8. The molecule has 0 saturated carbocycles. The summed E-state index contributed by atoms with van der Waals surface area (Å²) in [4.78, 5) is 14.5. The van der Waals surface area contributed by atoms with Crippen molar-refractivity contribution in [2.24, 2.45) is 0 Å². The van der Waals surface area contributed by atoms with E-state index in [1.807, 2.05) is 24.3 Å². The second-order valence-corrected chi connectivity index (χ2v) is 9.25. The quantitative estimate of drug-likeness (QED) is 0.243. The van der Waals surface area contributed by atoms with Crippen LogP contribution in [0.25, 0.3) is 10.2 Å². The lowest BCUT2D eigenvalue weighted by atomic mass is 10.1. The molecule has 9 heteroatoms. The van der Waals surface area contributed by atoms with Gasteiger partial charge >= 0.3 is 4.87 Å². The van der Waals surface area contributed by atoms with Gasteiger partial charge in [-0.15, -0.1) is 0 Å². The third-order valence-electron chi connectivity index (χ3n) is 5.04. The summed E-state index contributed by atoms with van der Waals surface area (Å²) < 4.78 is 23.8. The number of nitrogens with one attached hydrogen (secondary N) is 3. The Labute approximate surface area is 186 Å². The van der Waals surface area contributed by atoms with Gasteiger partial charge in [-0.05, 0) is 69.1 Å². The molecule has 0 saturated heterocycles. The number of aromatic amines is 1. The van der Waals surface area contributed by atoms with E-state index in [0.29, 0.717) is 49.3 Å². The van der Waals surface area contributed by atoms with E-state index in [0.717, 1.165) is 34.6 Å². The molecule has 0 spiro atoms. The number of H-pyrrole nitrogens is 1. The number of benzene rings is 2. The van der Waals surface area contributed by atoms with Crippen molar-refractivity contribution < 1.29 is 13.5 Å². The standard InChI is InChI=1S/C22H27N3O4S2/c26-19-7-6-17(21-20(19)25-22(27)30-21)9-13-24-15-11-18(31(28)29)10-14-23-12-8-16-4-2-1-3-5-16/h1-7,23-24,26H,8-15H2,(H,25,27). The molecule has 1 heterocycles. The van der Waals surface area contributed by atoms with E-state index in [-0.39, 0.29) is 10.6 Å². The van der Waals surface area contributed by atoms with Crippen LogP contribution in [0.4, 0.5) is 0 Å². The van der Waals surface area contributed by atoms with Gasteiger partial charge in [-0.25, -0.2) is 0 Å². The van der Waals surface area contributed by atoms with Crippen LogP contribution in [0.5, 0.6) is 5.75 Å². The van der Waals surface area contributed by atoms with Gasteiger partial charge in [0.2, 0.25) is 10.3 Å². The summed E-state index contributed by atoms with van der Waals surface area (Å²) >= 11 is 1.09. The molecule has 7 nitrogen and oxygen atoms in total. The molecule has 0 bridgehead atoms. The Kier molecular flexibility index (Phi) is 8.84. The van der Waals surface area contributed by atoms with E-state index in [1.165, 1.54) is 5.56 Å². The zero-order valence-electron chi connectivity index (χ0n) is 17.2. The predicted octanol–water partition coefficient (Wildman–Crippen LogP) is 2.09. The van der Waals surface area contributed by atoms with Crippen LogP contribution in [-0.4, -0.2) is 49.6 Å². The number of rotatable bonds is 12. The van der Waals surface area contributed by atoms with Crippen LogP contribution >= 0.6 is 11.3 Å². The molecule has 4 N–H and O–H groups in total. The van der Waals surface area contributed by atoms with Gasteiger partial charge in [-0.3, -0.25) is 4.79 Å². The summed E-state index contributed by atoms with van der Waals surface area (Å²) in [5.41, 5.74) is 2.71. The number of thiazole rings is 1. The van der Waals surface area contributed by atoms with Crippen molar-refractivity contribution in [2.75, 3.05) is 26.2 Å². The fraction of sp³-hybridized carbons (Fsp3) is 0.364. The normalized spacial score (nSPS) is 11.1. The van der Waals surface area contributed by atoms with E-state index >= 15 is 0 Å². The highest BCUT2D eigenvalue weighted by Gasteiger charge is 2.09. The van der Waals surface area contributed by atoms with Crippen molar-refractivity contribution >= 4 is 36.7 Å². The zero-order chi connectivity index (χ0) is 22.1. The Morgan fingerprint density at radius 3 is 2.29 bits per heavy atom. The molecule has 1 aromatic heterocycles. The lowest BCUT2D eigenvalue weighted by molar-refractivity contribution is 0.480. The maximum atomic E-state index is 11.6.